The van der Waals surface area contributed by atoms with Crippen molar-refractivity contribution in [3.8, 4) is 5.75 Å². The number of carbonyl (C=O) groups excluding carboxylic acids is 1. The number of hydrogen-bond donors (Lipinski definition) is 3. The maximum Gasteiger partial charge on any atom is 0.328 e. The number of benzene rings is 2. The van der Waals surface area contributed by atoms with E-state index < -0.39 is 17.6 Å². The maximum absolute atomic E-state index is 12.6. The van der Waals surface area contributed by atoms with Crippen LogP contribution in [-0.2, 0) is 16.0 Å². The number of hydrogen-bond acceptors (Lipinski definition) is 7. The average molecular weight is 396 g/mol. The average Bonchev–Trinajstić information content (AvgIpc) is 2.67. The fourth-order valence-corrected chi connectivity index (χ4v) is 3.05. The van der Waals surface area contributed by atoms with Crippen LogP contribution in [0.15, 0.2) is 47.5 Å². The topological polar surface area (TPSA) is 126 Å². The maximum atomic E-state index is 12.6. The van der Waals surface area contributed by atoms with Gasteiger partial charge in [-0.15, -0.1) is 0 Å². The minimum absolute atomic E-state index is 0.283. The molecule has 0 aliphatic carbocycles. The van der Waals surface area contributed by atoms with Crippen LogP contribution in [0.3, 0.4) is 0 Å². The van der Waals surface area contributed by atoms with Gasteiger partial charge in [0.1, 0.15) is 28.9 Å². The van der Waals surface area contributed by atoms with E-state index in [-0.39, 0.29) is 6.10 Å². The van der Waals surface area contributed by atoms with Gasteiger partial charge in [0.15, 0.2) is 6.10 Å². The fourth-order valence-electron chi connectivity index (χ4n) is 3.05. The van der Waals surface area contributed by atoms with Gasteiger partial charge in [-0.25, -0.2) is 9.79 Å². The molecule has 0 spiro atoms. The van der Waals surface area contributed by atoms with E-state index in [1.807, 2.05) is 45.0 Å². The highest BCUT2D eigenvalue weighted by atomic mass is 16.6. The molecule has 1 aliphatic heterocycles. The molecular formula is C22H28N4O3. The molecule has 0 bridgehead atoms. The van der Waals surface area contributed by atoms with Crippen LogP contribution in [0.4, 0.5) is 11.4 Å². The van der Waals surface area contributed by atoms with E-state index in [0.29, 0.717) is 29.3 Å². The first kappa shape index (κ1) is 20.7. The zero-order chi connectivity index (χ0) is 21.2. The summed E-state index contributed by atoms with van der Waals surface area (Å²) in [5.41, 5.74) is 20.1. The van der Waals surface area contributed by atoms with Gasteiger partial charge in [-0.3, -0.25) is 0 Å². The lowest BCUT2D eigenvalue weighted by Gasteiger charge is -2.27. The van der Waals surface area contributed by atoms with Gasteiger partial charge in [0.05, 0.1) is 0 Å². The molecule has 1 heterocycles. The number of ether oxygens (including phenoxy) is 2. The molecule has 0 radical (unpaired) electrons. The predicted octanol–water partition coefficient (Wildman–Crippen LogP) is 2.99. The van der Waals surface area contributed by atoms with Gasteiger partial charge in [0.2, 0.25) is 0 Å². The Morgan fingerprint density at radius 3 is 2.59 bits per heavy atom. The second kappa shape index (κ2) is 8.13. The molecule has 2 atom stereocenters. The second-order valence-corrected chi connectivity index (χ2v) is 7.92. The Bertz CT molecular complexity index is 922. The smallest absolute Gasteiger partial charge is 0.328 e. The summed E-state index contributed by atoms with van der Waals surface area (Å²) in [6.45, 7) is 5.58. The lowest BCUT2D eigenvalue weighted by atomic mass is 9.98. The van der Waals surface area contributed by atoms with Crippen molar-refractivity contribution < 1.29 is 14.3 Å². The first-order chi connectivity index (χ1) is 13.6. The molecule has 0 amide bonds. The van der Waals surface area contributed by atoms with E-state index >= 15 is 0 Å². The molecule has 7 nitrogen and oxygen atoms in total. The summed E-state index contributed by atoms with van der Waals surface area (Å²) in [7, 11) is 0. The number of nitrogen functional groups attached to an aromatic ring is 1. The summed E-state index contributed by atoms with van der Waals surface area (Å²) in [6, 6.07) is 11.9. The number of aliphatic imine (C=N–C) groups is 1. The Labute approximate surface area is 170 Å². The van der Waals surface area contributed by atoms with Crippen LogP contribution in [0.1, 0.15) is 44.4 Å². The summed E-state index contributed by atoms with van der Waals surface area (Å²) in [5, 5.41) is 0. The van der Waals surface area contributed by atoms with E-state index in [1.165, 1.54) is 0 Å². The first-order valence-corrected chi connectivity index (χ1v) is 9.62. The number of anilines is 1. The van der Waals surface area contributed by atoms with Gasteiger partial charge in [-0.1, -0.05) is 18.2 Å². The minimum Gasteiger partial charge on any atom is -0.481 e. The van der Waals surface area contributed by atoms with Crippen LogP contribution in [0.2, 0.25) is 0 Å². The van der Waals surface area contributed by atoms with Crippen molar-refractivity contribution in [2.24, 2.45) is 16.5 Å². The van der Waals surface area contributed by atoms with E-state index in [4.69, 9.17) is 26.7 Å². The number of aryl methyl sites for hydroxylation is 1. The van der Waals surface area contributed by atoms with Crippen LogP contribution in [0.5, 0.6) is 5.75 Å². The molecule has 6 N–H and O–H groups in total. The van der Waals surface area contributed by atoms with E-state index in [0.717, 1.165) is 17.7 Å². The molecule has 7 heteroatoms. The van der Waals surface area contributed by atoms with Gasteiger partial charge in [0, 0.05) is 5.69 Å². The summed E-state index contributed by atoms with van der Waals surface area (Å²) >= 11 is 0. The molecule has 2 aromatic rings. The van der Waals surface area contributed by atoms with Gasteiger partial charge in [0.25, 0.3) is 0 Å². The van der Waals surface area contributed by atoms with Crippen molar-refractivity contribution in [3.63, 3.8) is 0 Å². The number of nitrogens with two attached hydrogens (primary N) is 3. The zero-order valence-electron chi connectivity index (χ0n) is 17.0. The van der Waals surface area contributed by atoms with Crippen molar-refractivity contribution in [2.45, 2.75) is 51.4 Å². The SMILES string of the molecule is CC1Oc2ccc(C(N)C(=O)OC(C)(C)CCc3ccc(N)cc3)cc2N=C1N. The monoisotopic (exact) mass is 396 g/mol. The normalized spacial score (nSPS) is 17.0. The lowest BCUT2D eigenvalue weighted by Crippen LogP contribution is -2.34. The number of rotatable bonds is 6. The Hall–Kier alpha value is -3.06. The largest absolute Gasteiger partial charge is 0.481 e. The first-order valence-electron chi connectivity index (χ1n) is 9.62. The number of carbonyl (C=O) groups is 1. The molecule has 2 aromatic carbocycles. The number of nitrogens with zero attached hydrogens (tertiary/aromatic N) is 1. The molecule has 0 aromatic heterocycles. The third-order valence-electron chi connectivity index (χ3n) is 4.94. The van der Waals surface area contributed by atoms with Crippen molar-refractivity contribution in [2.75, 3.05) is 5.73 Å². The highest BCUT2D eigenvalue weighted by Gasteiger charge is 2.28. The Morgan fingerprint density at radius 2 is 1.90 bits per heavy atom. The highest BCUT2D eigenvalue weighted by Crippen LogP contribution is 2.34. The van der Waals surface area contributed by atoms with Crippen LogP contribution < -0.4 is 21.9 Å². The third-order valence-corrected chi connectivity index (χ3v) is 4.94. The Balaban J connectivity index is 1.64. The van der Waals surface area contributed by atoms with Gasteiger partial charge < -0.3 is 26.7 Å². The molecule has 29 heavy (non-hydrogen) atoms. The molecule has 3 rings (SSSR count). The summed E-state index contributed by atoms with van der Waals surface area (Å²) in [4.78, 5) is 17.0. The summed E-state index contributed by atoms with van der Waals surface area (Å²) in [5.74, 6) is 0.503. The second-order valence-electron chi connectivity index (χ2n) is 7.92. The molecule has 0 fully saturated rings. The van der Waals surface area contributed by atoms with Crippen LogP contribution in [0.25, 0.3) is 0 Å². The van der Waals surface area contributed by atoms with Crippen LogP contribution in [0, 0.1) is 0 Å². The van der Waals surface area contributed by atoms with Crippen molar-refractivity contribution >= 4 is 23.2 Å². The summed E-state index contributed by atoms with van der Waals surface area (Å²) < 4.78 is 11.4. The van der Waals surface area contributed by atoms with E-state index in [1.54, 1.807) is 18.2 Å². The van der Waals surface area contributed by atoms with E-state index in [9.17, 15) is 4.79 Å². The molecule has 0 saturated heterocycles. The van der Waals surface area contributed by atoms with Crippen molar-refractivity contribution in [1.82, 2.24) is 0 Å². The molecular weight excluding hydrogens is 368 g/mol. The molecule has 2 unspecified atom stereocenters. The summed E-state index contributed by atoms with van der Waals surface area (Å²) in [6.07, 6.45) is 1.14. The Morgan fingerprint density at radius 1 is 1.21 bits per heavy atom. The fraction of sp³-hybridized carbons (Fsp3) is 0.364. The van der Waals surface area contributed by atoms with Crippen molar-refractivity contribution in [1.29, 1.82) is 0 Å². The molecule has 1 aliphatic rings. The van der Waals surface area contributed by atoms with Crippen LogP contribution in [-0.4, -0.2) is 23.5 Å². The lowest BCUT2D eigenvalue weighted by molar-refractivity contribution is -0.158. The number of fused-ring (bicyclic) bond motifs is 1. The Kier molecular flexibility index (Phi) is 5.79. The molecule has 154 valence electrons. The van der Waals surface area contributed by atoms with E-state index in [2.05, 4.69) is 4.99 Å². The zero-order valence-corrected chi connectivity index (χ0v) is 17.0. The van der Waals surface area contributed by atoms with Gasteiger partial charge >= 0.3 is 5.97 Å². The minimum atomic E-state index is -0.924. The standard InChI is InChI=1S/C22H28N4O3/c1-13-20(25)26-17-12-15(6-9-18(17)28-13)19(24)21(27)29-22(2,3)11-10-14-4-7-16(23)8-5-14/h4-9,12-13,19H,10-11,23-24H2,1-3H3,(H2,25,26). The molecule has 0 saturated carbocycles. The quantitative estimate of drug-likeness (QED) is 0.509. The van der Waals surface area contributed by atoms with Gasteiger partial charge in [-0.2, -0.15) is 0 Å². The third kappa shape index (κ3) is 5.06. The number of esters is 1. The predicted molar refractivity (Wildman–Crippen MR) is 114 cm³/mol. The number of amidine groups is 1. The van der Waals surface area contributed by atoms with Crippen molar-refractivity contribution in [3.05, 3.63) is 53.6 Å². The highest BCUT2D eigenvalue weighted by molar-refractivity contribution is 5.90. The van der Waals surface area contributed by atoms with Gasteiger partial charge in [-0.05, 0) is 69.0 Å². The van der Waals surface area contributed by atoms with Crippen LogP contribution >= 0.6 is 0 Å².